The Kier molecular flexibility index (Phi) is 5.18. The molecule has 0 aliphatic rings. The van der Waals surface area contributed by atoms with Gasteiger partial charge in [0.05, 0.1) is 5.75 Å². The Hall–Kier alpha value is -1.81. The Bertz CT molecular complexity index is 599. The number of rotatable bonds is 5. The topological polar surface area (TPSA) is 42.0 Å². The maximum absolute atomic E-state index is 11.8. The number of hydrogen-bond acceptors (Lipinski definition) is 3. The van der Waals surface area contributed by atoms with Gasteiger partial charge in [0.15, 0.2) is 0 Å². The van der Waals surface area contributed by atoms with Crippen LogP contribution < -0.4 is 5.32 Å². The third-order valence-electron chi connectivity index (χ3n) is 2.74. The molecule has 20 heavy (non-hydrogen) atoms. The first kappa shape index (κ1) is 14.6. The molecular weight excluding hydrogens is 268 g/mol. The second-order valence-electron chi connectivity index (χ2n) is 4.69. The van der Waals surface area contributed by atoms with Gasteiger partial charge >= 0.3 is 0 Å². The van der Waals surface area contributed by atoms with Crippen molar-refractivity contribution in [1.82, 2.24) is 4.98 Å². The zero-order chi connectivity index (χ0) is 14.4. The van der Waals surface area contributed by atoms with Crippen LogP contribution in [0.25, 0.3) is 0 Å². The molecule has 3 nitrogen and oxygen atoms in total. The molecule has 1 amide bonds. The molecular formula is C16H18N2OS. The second-order valence-corrected chi connectivity index (χ2v) is 5.68. The summed E-state index contributed by atoms with van der Waals surface area (Å²) in [4.78, 5) is 16.1. The molecule has 0 aliphatic carbocycles. The fraction of sp³-hybridized carbons (Fsp3) is 0.250. The van der Waals surface area contributed by atoms with E-state index >= 15 is 0 Å². The SMILES string of the molecule is Cc1cccc(CSCC(=O)Nc2cccc(C)n2)c1. The van der Waals surface area contributed by atoms with Crippen molar-refractivity contribution in [2.75, 3.05) is 11.1 Å². The zero-order valence-corrected chi connectivity index (χ0v) is 12.5. The van der Waals surface area contributed by atoms with Crippen molar-refractivity contribution in [3.8, 4) is 0 Å². The Morgan fingerprint density at radius 1 is 1.20 bits per heavy atom. The molecule has 0 fully saturated rings. The van der Waals surface area contributed by atoms with Gasteiger partial charge < -0.3 is 5.32 Å². The Morgan fingerprint density at radius 3 is 2.75 bits per heavy atom. The highest BCUT2D eigenvalue weighted by Gasteiger charge is 2.04. The smallest absolute Gasteiger partial charge is 0.235 e. The van der Waals surface area contributed by atoms with Gasteiger partial charge in [-0.2, -0.15) is 0 Å². The number of pyridine rings is 1. The first-order chi connectivity index (χ1) is 9.63. The number of benzene rings is 1. The van der Waals surface area contributed by atoms with Crippen LogP contribution in [0.4, 0.5) is 5.82 Å². The van der Waals surface area contributed by atoms with E-state index < -0.39 is 0 Å². The largest absolute Gasteiger partial charge is 0.310 e. The maximum atomic E-state index is 11.8. The summed E-state index contributed by atoms with van der Waals surface area (Å²) < 4.78 is 0. The average Bonchev–Trinajstić information content (AvgIpc) is 2.38. The number of amides is 1. The Morgan fingerprint density at radius 2 is 2.00 bits per heavy atom. The standard InChI is InChI=1S/C16H18N2OS/c1-12-5-3-7-14(9-12)10-20-11-16(19)18-15-8-4-6-13(2)17-15/h3-9H,10-11H2,1-2H3,(H,17,18,19). The third kappa shape index (κ3) is 4.70. The molecule has 0 aliphatic heterocycles. The molecule has 0 saturated carbocycles. The van der Waals surface area contributed by atoms with Gasteiger partial charge in [0.2, 0.25) is 5.91 Å². The lowest BCUT2D eigenvalue weighted by Gasteiger charge is -2.05. The molecule has 0 atom stereocenters. The minimum Gasteiger partial charge on any atom is -0.310 e. The molecule has 0 spiro atoms. The molecule has 104 valence electrons. The Balaban J connectivity index is 1.78. The number of aromatic nitrogens is 1. The fourth-order valence-corrected chi connectivity index (χ4v) is 2.63. The Labute approximate surface area is 123 Å². The van der Waals surface area contributed by atoms with Crippen molar-refractivity contribution < 1.29 is 4.79 Å². The number of aryl methyl sites for hydroxylation is 2. The van der Waals surface area contributed by atoms with Crippen LogP contribution in [0, 0.1) is 13.8 Å². The van der Waals surface area contributed by atoms with Gasteiger partial charge in [-0.25, -0.2) is 4.98 Å². The lowest BCUT2D eigenvalue weighted by atomic mass is 10.2. The highest BCUT2D eigenvalue weighted by Crippen LogP contribution is 2.14. The molecule has 4 heteroatoms. The van der Waals surface area contributed by atoms with E-state index in [1.54, 1.807) is 17.8 Å². The van der Waals surface area contributed by atoms with Crippen LogP contribution in [0.15, 0.2) is 42.5 Å². The van der Waals surface area contributed by atoms with Crippen LogP contribution in [0.2, 0.25) is 0 Å². The number of hydrogen-bond donors (Lipinski definition) is 1. The van der Waals surface area contributed by atoms with Crippen LogP contribution in [-0.4, -0.2) is 16.6 Å². The number of anilines is 1. The van der Waals surface area contributed by atoms with Gasteiger partial charge in [-0.3, -0.25) is 4.79 Å². The summed E-state index contributed by atoms with van der Waals surface area (Å²) >= 11 is 1.61. The van der Waals surface area contributed by atoms with Gasteiger partial charge in [-0.05, 0) is 31.5 Å². The number of nitrogens with one attached hydrogen (secondary N) is 1. The normalized spacial score (nSPS) is 10.3. The summed E-state index contributed by atoms with van der Waals surface area (Å²) in [6.07, 6.45) is 0. The molecule has 0 radical (unpaired) electrons. The fourth-order valence-electron chi connectivity index (χ4n) is 1.86. The number of carbonyl (C=O) groups excluding carboxylic acids is 1. The first-order valence-electron chi connectivity index (χ1n) is 6.50. The summed E-state index contributed by atoms with van der Waals surface area (Å²) in [5.41, 5.74) is 3.39. The van der Waals surface area contributed by atoms with Crippen molar-refractivity contribution in [2.24, 2.45) is 0 Å². The predicted molar refractivity (Wildman–Crippen MR) is 84.9 cm³/mol. The third-order valence-corrected chi connectivity index (χ3v) is 3.74. The van der Waals surface area contributed by atoms with Crippen molar-refractivity contribution in [2.45, 2.75) is 19.6 Å². The highest BCUT2D eigenvalue weighted by molar-refractivity contribution is 7.99. The van der Waals surface area contributed by atoms with E-state index in [4.69, 9.17) is 0 Å². The molecule has 1 heterocycles. The predicted octanol–water partition coefficient (Wildman–Crippen LogP) is 3.57. The second kappa shape index (κ2) is 7.10. The lowest BCUT2D eigenvalue weighted by Crippen LogP contribution is -2.15. The minimum absolute atomic E-state index is 0.0132. The molecule has 2 rings (SSSR count). The van der Waals surface area contributed by atoms with Crippen molar-refractivity contribution >= 4 is 23.5 Å². The van der Waals surface area contributed by atoms with Crippen LogP contribution >= 0.6 is 11.8 Å². The van der Waals surface area contributed by atoms with Crippen molar-refractivity contribution in [1.29, 1.82) is 0 Å². The van der Waals surface area contributed by atoms with Crippen LogP contribution in [0.1, 0.15) is 16.8 Å². The summed E-state index contributed by atoms with van der Waals surface area (Å²) in [5, 5.41) is 2.81. The van der Waals surface area contributed by atoms with E-state index in [1.165, 1.54) is 11.1 Å². The highest BCUT2D eigenvalue weighted by atomic mass is 32.2. The summed E-state index contributed by atoms with van der Waals surface area (Å²) in [7, 11) is 0. The molecule has 0 bridgehead atoms. The molecule has 1 N–H and O–H groups in total. The number of carbonyl (C=O) groups is 1. The van der Waals surface area contributed by atoms with Gasteiger partial charge in [0.1, 0.15) is 5.82 Å². The average molecular weight is 286 g/mol. The summed E-state index contributed by atoms with van der Waals surface area (Å²) in [6, 6.07) is 13.9. The summed E-state index contributed by atoms with van der Waals surface area (Å²) in [6.45, 7) is 3.98. The number of thioether (sulfide) groups is 1. The molecule has 0 saturated heterocycles. The van der Waals surface area contributed by atoms with Crippen LogP contribution in [-0.2, 0) is 10.5 Å². The minimum atomic E-state index is -0.0132. The molecule has 1 aromatic heterocycles. The van der Waals surface area contributed by atoms with Gasteiger partial charge in [-0.15, -0.1) is 11.8 Å². The molecule has 0 unspecified atom stereocenters. The molecule has 1 aromatic carbocycles. The van der Waals surface area contributed by atoms with Gasteiger partial charge in [0.25, 0.3) is 0 Å². The van der Waals surface area contributed by atoms with E-state index in [9.17, 15) is 4.79 Å². The number of nitrogens with zero attached hydrogens (tertiary/aromatic N) is 1. The monoisotopic (exact) mass is 286 g/mol. The van der Waals surface area contributed by atoms with E-state index in [2.05, 4.69) is 35.4 Å². The van der Waals surface area contributed by atoms with Gasteiger partial charge in [0, 0.05) is 11.4 Å². The van der Waals surface area contributed by atoms with E-state index in [1.807, 2.05) is 25.1 Å². The molecule has 2 aromatic rings. The summed E-state index contributed by atoms with van der Waals surface area (Å²) in [5.74, 6) is 1.88. The van der Waals surface area contributed by atoms with Crippen LogP contribution in [0.5, 0.6) is 0 Å². The van der Waals surface area contributed by atoms with Gasteiger partial charge in [-0.1, -0.05) is 35.9 Å². The van der Waals surface area contributed by atoms with Crippen LogP contribution in [0.3, 0.4) is 0 Å². The van der Waals surface area contributed by atoms with E-state index in [0.29, 0.717) is 11.6 Å². The first-order valence-corrected chi connectivity index (χ1v) is 7.66. The lowest BCUT2D eigenvalue weighted by molar-refractivity contribution is -0.113. The maximum Gasteiger partial charge on any atom is 0.235 e. The van der Waals surface area contributed by atoms with Crippen molar-refractivity contribution in [3.63, 3.8) is 0 Å². The van der Waals surface area contributed by atoms with Crippen molar-refractivity contribution in [3.05, 3.63) is 59.3 Å². The van der Waals surface area contributed by atoms with E-state index in [-0.39, 0.29) is 5.91 Å². The zero-order valence-electron chi connectivity index (χ0n) is 11.7. The quantitative estimate of drug-likeness (QED) is 0.913. The van der Waals surface area contributed by atoms with E-state index in [0.717, 1.165) is 11.4 Å².